The van der Waals surface area contributed by atoms with Crippen LogP contribution in [0, 0.1) is 18.7 Å². The topological polar surface area (TPSA) is 87.2 Å². The summed E-state index contributed by atoms with van der Waals surface area (Å²) in [5.74, 6) is 1.60. The number of ether oxygens (including phenoxy) is 2. The number of benzene rings is 1. The van der Waals surface area contributed by atoms with Crippen LogP contribution in [0.25, 0.3) is 0 Å². The Morgan fingerprint density at radius 2 is 1.80 bits per heavy atom. The number of nitrogens with zero attached hydrogens (tertiary/aromatic N) is 7. The molecule has 50 heavy (non-hydrogen) atoms. The second kappa shape index (κ2) is 18.3. The van der Waals surface area contributed by atoms with Gasteiger partial charge in [-0.1, -0.05) is 6.92 Å². The summed E-state index contributed by atoms with van der Waals surface area (Å²) < 4.78 is 27.0. The van der Waals surface area contributed by atoms with Gasteiger partial charge in [-0.05, 0) is 97.4 Å². The van der Waals surface area contributed by atoms with Gasteiger partial charge in [0.2, 0.25) is 0 Å². The summed E-state index contributed by atoms with van der Waals surface area (Å²) in [6.45, 7) is 15.8. The summed E-state index contributed by atoms with van der Waals surface area (Å²) in [7, 11) is 2.17. The van der Waals surface area contributed by atoms with Gasteiger partial charge < -0.3 is 31.6 Å². The number of rotatable bonds is 9. The molecule has 2 saturated heterocycles. The van der Waals surface area contributed by atoms with E-state index < -0.39 is 5.82 Å². The minimum Gasteiger partial charge on any atom is -0.490 e. The Bertz CT molecular complexity index is 1570. The normalized spacial score (nSPS) is 18.1. The third kappa shape index (κ3) is 9.41. The Morgan fingerprint density at radius 3 is 2.44 bits per heavy atom. The molecule has 7 rings (SSSR count). The zero-order chi connectivity index (χ0) is 33.8. The van der Waals surface area contributed by atoms with Crippen LogP contribution in [-0.2, 0) is 13.0 Å². The van der Waals surface area contributed by atoms with Crippen LogP contribution < -0.4 is 83.3 Å². The quantitative estimate of drug-likeness (QED) is 0.303. The molecule has 0 atom stereocenters. The Morgan fingerprint density at radius 1 is 1.06 bits per heavy atom. The summed E-state index contributed by atoms with van der Waals surface area (Å²) in [6, 6.07) is 6.01. The Labute approximate surface area is 356 Å². The number of hydrogen-bond donors (Lipinski definition) is 0. The molecule has 0 unspecified atom stereocenters. The van der Waals surface area contributed by atoms with E-state index in [4.69, 9.17) is 9.47 Å². The van der Waals surface area contributed by atoms with Crippen molar-refractivity contribution in [1.29, 1.82) is 0 Å². The second-order valence-corrected chi connectivity index (χ2v) is 14.0. The van der Waals surface area contributed by atoms with Crippen molar-refractivity contribution < 1.29 is 87.6 Å². The minimum absolute atomic E-state index is 0. The third-order valence-electron chi connectivity index (χ3n) is 10.2. The van der Waals surface area contributed by atoms with Crippen LogP contribution in [0.15, 0.2) is 43.0 Å². The van der Waals surface area contributed by atoms with Gasteiger partial charge in [-0.15, -0.1) is 0 Å². The zero-order valence-electron chi connectivity index (χ0n) is 31.1. The number of aromatic nitrogens is 3. The number of anilines is 1. The molecule has 5 heterocycles. The van der Waals surface area contributed by atoms with Crippen LogP contribution in [0.1, 0.15) is 75.0 Å². The van der Waals surface area contributed by atoms with Crippen molar-refractivity contribution in [1.82, 2.24) is 29.7 Å². The number of fused-ring (bicyclic) bond motifs is 1. The van der Waals surface area contributed by atoms with E-state index in [-0.39, 0.29) is 111 Å². The van der Waals surface area contributed by atoms with Crippen LogP contribution in [0.5, 0.6) is 17.2 Å². The first kappa shape index (κ1) is 41.0. The van der Waals surface area contributed by atoms with E-state index in [1.165, 1.54) is 56.0 Å². The summed E-state index contributed by atoms with van der Waals surface area (Å²) in [5, 5.41) is 0. The fourth-order valence-electron chi connectivity index (χ4n) is 7.46. The van der Waals surface area contributed by atoms with Gasteiger partial charge in [0.1, 0.15) is 29.7 Å². The van der Waals surface area contributed by atoms with Crippen molar-refractivity contribution in [2.75, 3.05) is 57.8 Å². The summed E-state index contributed by atoms with van der Waals surface area (Å²) in [4.78, 5) is 35.2. The monoisotopic (exact) mass is 807 g/mol. The number of likely N-dealkylation sites (tertiary alicyclic amines) is 1. The van der Waals surface area contributed by atoms with Gasteiger partial charge >= 0.3 is 68.9 Å². The second-order valence-electron chi connectivity index (χ2n) is 14.0. The number of carbonyl (C=O) groups is 1. The van der Waals surface area contributed by atoms with Gasteiger partial charge in [-0.3, -0.25) is 14.7 Å². The molecule has 0 radical (unpaired) electrons. The van der Waals surface area contributed by atoms with Crippen molar-refractivity contribution in [3.63, 3.8) is 0 Å². The minimum atomic E-state index is -0.489. The molecule has 12 heteroatoms. The molecule has 4 aliphatic rings. The van der Waals surface area contributed by atoms with Crippen molar-refractivity contribution in [3.05, 3.63) is 73.1 Å². The van der Waals surface area contributed by atoms with E-state index >= 15 is 0 Å². The third-order valence-corrected chi connectivity index (χ3v) is 10.2. The van der Waals surface area contributed by atoms with E-state index in [2.05, 4.69) is 43.6 Å². The standard InChI is InChI=1S/C32H39FN6O3.C5H11N.CH3.Cs/c1-5-37-12-10-26-25(17-37)28(9-11-35-26)41-23-14-32(15-23)18-38(19-32)30-29(16-34-20-36-30)42-27-8-7-22(33)13-24(27)31(40)39(6-2)21(3)4;1-6-4-2-3-5-6;;/h7-9,11,13,16,20-21,23H,5-6,10,12,14-15,17-19H2,1-4H3;2-5H2,1H3;1H3;/q;;-1;+1. The number of hydrogen-bond acceptors (Lipinski definition) is 9. The van der Waals surface area contributed by atoms with Crippen molar-refractivity contribution >= 4 is 11.7 Å². The molecule has 3 aromatic rings. The maximum Gasteiger partial charge on any atom is 1.00 e. The molecule has 0 bridgehead atoms. The maximum atomic E-state index is 14.2. The van der Waals surface area contributed by atoms with Crippen molar-refractivity contribution in [2.24, 2.45) is 5.41 Å². The van der Waals surface area contributed by atoms with Gasteiger partial charge in [0.05, 0.1) is 11.8 Å². The van der Waals surface area contributed by atoms with Crippen LogP contribution >= 0.6 is 0 Å². The Hall–Kier alpha value is -1.78. The first-order valence-electron chi connectivity index (χ1n) is 17.6. The van der Waals surface area contributed by atoms with Gasteiger partial charge in [-0.25, -0.2) is 14.4 Å². The molecule has 266 valence electrons. The summed E-state index contributed by atoms with van der Waals surface area (Å²) >= 11 is 0. The summed E-state index contributed by atoms with van der Waals surface area (Å²) in [5.41, 5.74) is 2.76. The average molecular weight is 808 g/mol. The molecular formula is C38H53CsFN7O3. The Kier molecular flexibility index (Phi) is 15.0. The van der Waals surface area contributed by atoms with E-state index in [9.17, 15) is 9.18 Å². The average Bonchev–Trinajstić information content (AvgIpc) is 3.53. The predicted molar refractivity (Wildman–Crippen MR) is 191 cm³/mol. The SMILES string of the molecule is CCN1CCc2nccc(OC3CC4(C3)CN(c3ncncc3Oc3ccc(F)cc3C(=O)N(CC)C(C)C)C4)c2C1.CN1CCCC1.[CH3-].[Cs+]. The van der Waals surface area contributed by atoms with Crippen LogP contribution in [0.2, 0.25) is 0 Å². The molecule has 3 aliphatic heterocycles. The van der Waals surface area contributed by atoms with E-state index in [1.807, 2.05) is 33.0 Å². The molecule has 1 aromatic carbocycles. The van der Waals surface area contributed by atoms with E-state index in [1.54, 1.807) is 11.1 Å². The first-order chi connectivity index (χ1) is 23.2. The molecular weight excluding hydrogens is 754 g/mol. The van der Waals surface area contributed by atoms with Crippen LogP contribution in [0.4, 0.5) is 10.2 Å². The molecule has 2 aromatic heterocycles. The molecule has 3 fully saturated rings. The molecule has 1 aliphatic carbocycles. The van der Waals surface area contributed by atoms with Crippen molar-refractivity contribution in [3.8, 4) is 17.2 Å². The molecule has 10 nitrogen and oxygen atoms in total. The van der Waals surface area contributed by atoms with E-state index in [0.717, 1.165) is 63.4 Å². The van der Waals surface area contributed by atoms with Gasteiger partial charge in [-0.2, -0.15) is 0 Å². The largest absolute Gasteiger partial charge is 1.00 e. The molecule has 1 amide bonds. The number of pyridine rings is 1. The predicted octanol–water partition coefficient (Wildman–Crippen LogP) is 3.27. The van der Waals surface area contributed by atoms with Crippen molar-refractivity contribution in [2.45, 2.75) is 78.5 Å². The Balaban J connectivity index is 0.000000637. The number of amides is 1. The van der Waals surface area contributed by atoms with E-state index in [0.29, 0.717) is 18.1 Å². The smallest absolute Gasteiger partial charge is 0.490 e. The first-order valence-corrected chi connectivity index (χ1v) is 17.6. The molecule has 1 spiro atoms. The number of halogens is 1. The summed E-state index contributed by atoms with van der Waals surface area (Å²) in [6.07, 6.45) is 10.9. The van der Waals surface area contributed by atoms with Crippen LogP contribution in [-0.4, -0.2) is 101 Å². The maximum absolute atomic E-state index is 14.2. The van der Waals surface area contributed by atoms with Crippen LogP contribution in [0.3, 0.4) is 0 Å². The molecule has 1 saturated carbocycles. The fraction of sp³-hybridized carbons (Fsp3) is 0.553. The van der Waals surface area contributed by atoms with Gasteiger partial charge in [0, 0.05) is 68.1 Å². The number of carbonyl (C=O) groups excluding carboxylic acids is 1. The van der Waals surface area contributed by atoms with Gasteiger partial charge in [0.15, 0.2) is 11.6 Å². The molecule has 0 N–H and O–H groups in total. The zero-order valence-corrected chi connectivity index (χ0v) is 37.4. The number of likely N-dealkylation sites (N-methyl/N-ethyl adjacent to an activating group) is 1. The van der Waals surface area contributed by atoms with Gasteiger partial charge in [0.25, 0.3) is 5.91 Å². The fourth-order valence-corrected chi connectivity index (χ4v) is 7.46.